The van der Waals surface area contributed by atoms with Gasteiger partial charge in [-0.05, 0) is 12.1 Å². The van der Waals surface area contributed by atoms with Crippen LogP contribution in [0.5, 0.6) is 5.75 Å². The van der Waals surface area contributed by atoms with E-state index in [2.05, 4.69) is 4.98 Å². The summed E-state index contributed by atoms with van der Waals surface area (Å²) in [6.45, 7) is 1.08. The number of aromatic amines is 1. The number of carboxylic acid groups (broad SMARTS) is 1. The van der Waals surface area contributed by atoms with Gasteiger partial charge in [-0.25, -0.2) is 0 Å². The van der Waals surface area contributed by atoms with Crippen molar-refractivity contribution in [2.75, 3.05) is 0 Å². The highest BCUT2D eigenvalue weighted by atomic mass is 32.1. The molecule has 1 heterocycles. The van der Waals surface area contributed by atoms with E-state index in [1.54, 1.807) is 12.1 Å². The summed E-state index contributed by atoms with van der Waals surface area (Å²) in [6.07, 6.45) is 0. The first-order valence-corrected chi connectivity index (χ1v) is 4.82. The molecule has 0 aliphatic rings. The number of carboxylic acids is 1. The summed E-state index contributed by atoms with van der Waals surface area (Å²) < 4.78 is 0.868. The fourth-order valence-corrected chi connectivity index (χ4v) is 1.66. The Morgan fingerprint density at radius 3 is 2.67 bits per heavy atom. The first-order valence-electron chi connectivity index (χ1n) is 4.00. The highest BCUT2D eigenvalue weighted by molar-refractivity contribution is 7.16. The lowest BCUT2D eigenvalue weighted by molar-refractivity contribution is -0.134. The van der Waals surface area contributed by atoms with Gasteiger partial charge in [-0.2, -0.15) is 0 Å². The molecule has 2 rings (SSSR count). The minimum absolute atomic E-state index is 0.0920. The second-order valence-corrected chi connectivity index (χ2v) is 3.73. The van der Waals surface area contributed by atoms with E-state index >= 15 is 0 Å². The van der Waals surface area contributed by atoms with Gasteiger partial charge in [-0.3, -0.25) is 9.59 Å². The fraction of sp³-hybridized carbons (Fsp3) is 0.111. The van der Waals surface area contributed by atoms with Crippen LogP contribution in [-0.2, 0) is 4.79 Å². The summed E-state index contributed by atoms with van der Waals surface area (Å²) in [5, 5.41) is 16.4. The van der Waals surface area contributed by atoms with Crippen LogP contribution in [0.3, 0.4) is 0 Å². The molecule has 0 amide bonds. The maximum Gasteiger partial charge on any atom is 0.305 e. The minimum Gasteiger partial charge on any atom is -0.508 e. The van der Waals surface area contributed by atoms with E-state index in [4.69, 9.17) is 15.0 Å². The van der Waals surface area contributed by atoms with Gasteiger partial charge in [0.05, 0.1) is 10.2 Å². The summed E-state index contributed by atoms with van der Waals surface area (Å²) in [5.41, 5.74) is 0.694. The molecule has 0 saturated heterocycles. The molecule has 1 aromatic heterocycles. The van der Waals surface area contributed by atoms with Crippen molar-refractivity contribution in [3.63, 3.8) is 0 Å². The monoisotopic (exact) mass is 227 g/mol. The largest absolute Gasteiger partial charge is 0.508 e. The highest BCUT2D eigenvalue weighted by Crippen LogP contribution is 2.18. The standard InChI is InChI=1S/C7H5NO2S.C2H4O2/c9-4-1-2-6-5(3-4)8-7(10)11-6;1-2(3)4/h1-3,9H,(H,8,10);1H3,(H,3,4). The number of aromatic hydroxyl groups is 1. The van der Waals surface area contributed by atoms with E-state index in [9.17, 15) is 4.79 Å². The van der Waals surface area contributed by atoms with Crippen molar-refractivity contribution in [3.8, 4) is 5.75 Å². The van der Waals surface area contributed by atoms with Gasteiger partial charge in [-0.15, -0.1) is 0 Å². The number of aliphatic carboxylic acids is 1. The molecule has 0 bridgehead atoms. The molecule has 0 spiro atoms. The molecule has 0 aliphatic heterocycles. The molecule has 0 fully saturated rings. The number of phenols is 1. The van der Waals surface area contributed by atoms with Crippen molar-refractivity contribution >= 4 is 27.5 Å². The third kappa shape index (κ3) is 3.43. The van der Waals surface area contributed by atoms with Crippen LogP contribution in [-0.4, -0.2) is 21.2 Å². The van der Waals surface area contributed by atoms with Crippen LogP contribution >= 0.6 is 11.3 Å². The highest BCUT2D eigenvalue weighted by Gasteiger charge is 1.97. The Morgan fingerprint density at radius 2 is 2.07 bits per heavy atom. The number of benzene rings is 1. The number of fused-ring (bicyclic) bond motifs is 1. The molecule has 0 aliphatic carbocycles. The van der Waals surface area contributed by atoms with Gasteiger partial charge >= 0.3 is 4.87 Å². The first kappa shape index (κ1) is 11.3. The van der Waals surface area contributed by atoms with E-state index in [0.717, 1.165) is 23.0 Å². The number of carbonyl (C=O) groups is 1. The van der Waals surface area contributed by atoms with Gasteiger partial charge in [0.15, 0.2) is 0 Å². The molecule has 6 heteroatoms. The first-order chi connectivity index (χ1) is 6.99. The predicted molar refractivity (Wildman–Crippen MR) is 57.4 cm³/mol. The van der Waals surface area contributed by atoms with Crippen LogP contribution < -0.4 is 4.87 Å². The van der Waals surface area contributed by atoms with Crippen LogP contribution in [0.2, 0.25) is 0 Å². The Hall–Kier alpha value is -1.82. The summed E-state index contributed by atoms with van der Waals surface area (Å²) in [4.78, 5) is 22.3. The molecule has 1 aromatic carbocycles. The zero-order chi connectivity index (χ0) is 11.4. The second-order valence-electron chi connectivity index (χ2n) is 2.71. The zero-order valence-corrected chi connectivity index (χ0v) is 8.67. The quantitative estimate of drug-likeness (QED) is 0.634. The van der Waals surface area contributed by atoms with Crippen molar-refractivity contribution in [2.24, 2.45) is 0 Å². The maximum atomic E-state index is 10.8. The molecule has 0 radical (unpaired) electrons. The maximum absolute atomic E-state index is 10.8. The Morgan fingerprint density at radius 1 is 1.47 bits per heavy atom. The Labute approximate surface area is 88.6 Å². The summed E-state index contributed by atoms with van der Waals surface area (Å²) >= 11 is 1.14. The molecular formula is C9H9NO4S. The van der Waals surface area contributed by atoms with Crippen LogP contribution in [0.25, 0.3) is 10.2 Å². The van der Waals surface area contributed by atoms with Crippen LogP contribution in [0, 0.1) is 0 Å². The average molecular weight is 227 g/mol. The lowest BCUT2D eigenvalue weighted by Crippen LogP contribution is -1.89. The van der Waals surface area contributed by atoms with Crippen molar-refractivity contribution in [1.29, 1.82) is 0 Å². The van der Waals surface area contributed by atoms with E-state index in [0.29, 0.717) is 5.52 Å². The lowest BCUT2D eigenvalue weighted by atomic mass is 10.3. The van der Waals surface area contributed by atoms with Gasteiger partial charge in [-0.1, -0.05) is 11.3 Å². The van der Waals surface area contributed by atoms with E-state index in [-0.39, 0.29) is 10.6 Å². The molecule has 2 aromatic rings. The summed E-state index contributed by atoms with van der Waals surface area (Å²) in [7, 11) is 0. The molecule has 0 atom stereocenters. The van der Waals surface area contributed by atoms with Crippen molar-refractivity contribution < 1.29 is 15.0 Å². The fourth-order valence-electron chi connectivity index (χ4n) is 0.940. The number of thiazole rings is 1. The topological polar surface area (TPSA) is 90.4 Å². The molecule has 15 heavy (non-hydrogen) atoms. The van der Waals surface area contributed by atoms with Crippen molar-refractivity contribution in [1.82, 2.24) is 4.98 Å². The summed E-state index contributed by atoms with van der Waals surface area (Å²) in [5.74, 6) is -0.661. The van der Waals surface area contributed by atoms with Crippen molar-refractivity contribution in [2.45, 2.75) is 6.92 Å². The smallest absolute Gasteiger partial charge is 0.305 e. The SMILES string of the molecule is CC(=O)O.O=c1[nH]c2cc(O)ccc2s1. The molecule has 80 valence electrons. The Kier molecular flexibility index (Phi) is 3.46. The third-order valence-electron chi connectivity index (χ3n) is 1.40. The third-order valence-corrected chi connectivity index (χ3v) is 2.27. The number of aromatic nitrogens is 1. The number of hydrogen-bond donors (Lipinski definition) is 3. The van der Waals surface area contributed by atoms with Crippen molar-refractivity contribution in [3.05, 3.63) is 27.9 Å². The van der Waals surface area contributed by atoms with Gasteiger partial charge in [0.1, 0.15) is 5.75 Å². The molecule has 0 saturated carbocycles. The predicted octanol–water partition coefficient (Wildman–Crippen LogP) is 1.39. The number of hydrogen-bond acceptors (Lipinski definition) is 4. The Bertz CT molecular complexity index is 524. The number of phenolic OH excluding ortho intramolecular Hbond substituents is 1. The van der Waals surface area contributed by atoms with Crippen LogP contribution in [0.4, 0.5) is 0 Å². The van der Waals surface area contributed by atoms with Gasteiger partial charge in [0.2, 0.25) is 0 Å². The van der Waals surface area contributed by atoms with Crippen LogP contribution in [0.15, 0.2) is 23.0 Å². The van der Waals surface area contributed by atoms with Crippen LogP contribution in [0.1, 0.15) is 6.92 Å². The second kappa shape index (κ2) is 4.61. The van der Waals surface area contributed by atoms with E-state index in [1.165, 1.54) is 6.07 Å². The number of nitrogens with one attached hydrogen (secondary N) is 1. The zero-order valence-electron chi connectivity index (χ0n) is 7.85. The van der Waals surface area contributed by atoms with Gasteiger partial charge in [0, 0.05) is 13.0 Å². The Balaban J connectivity index is 0.000000245. The van der Waals surface area contributed by atoms with E-state index in [1.807, 2.05) is 0 Å². The average Bonchev–Trinajstić information content (AvgIpc) is 2.42. The number of rotatable bonds is 0. The summed E-state index contributed by atoms with van der Waals surface area (Å²) in [6, 6.07) is 4.81. The lowest BCUT2D eigenvalue weighted by Gasteiger charge is -1.88. The normalized spacial score (nSPS) is 9.40. The number of H-pyrrole nitrogens is 1. The molecule has 5 nitrogen and oxygen atoms in total. The molecule has 0 unspecified atom stereocenters. The molecular weight excluding hydrogens is 218 g/mol. The van der Waals surface area contributed by atoms with Gasteiger partial charge in [0.25, 0.3) is 5.97 Å². The van der Waals surface area contributed by atoms with E-state index < -0.39 is 5.97 Å². The minimum atomic E-state index is -0.833. The van der Waals surface area contributed by atoms with Gasteiger partial charge < -0.3 is 15.2 Å². The molecule has 3 N–H and O–H groups in total.